The molecule has 2 rings (SSSR count). The maximum atomic E-state index is 13.5. The van der Waals surface area contributed by atoms with Crippen molar-refractivity contribution in [3.63, 3.8) is 0 Å². The van der Waals surface area contributed by atoms with Crippen LogP contribution in [0.1, 0.15) is 12.5 Å². The van der Waals surface area contributed by atoms with Gasteiger partial charge in [-0.2, -0.15) is 0 Å². The third kappa shape index (κ3) is 1.72. The molecule has 0 atom stereocenters. The molecule has 0 unspecified atom stereocenters. The summed E-state index contributed by atoms with van der Waals surface area (Å²) in [6.45, 7) is 1.91. The highest BCUT2D eigenvalue weighted by atomic mass is 79.9. The third-order valence-corrected chi connectivity index (χ3v) is 3.08. The molecule has 0 radical (unpaired) electrons. The Bertz CT molecular complexity index is 523. The molecule has 0 bridgehead atoms. The van der Waals surface area contributed by atoms with E-state index < -0.39 is 0 Å². The number of benzene rings is 2. The van der Waals surface area contributed by atoms with E-state index in [2.05, 4.69) is 15.9 Å². The Morgan fingerprint density at radius 3 is 2.73 bits per heavy atom. The van der Waals surface area contributed by atoms with E-state index in [0.717, 1.165) is 15.2 Å². The number of rotatable bonds is 1. The summed E-state index contributed by atoms with van der Waals surface area (Å²) in [4.78, 5) is 0. The summed E-state index contributed by atoms with van der Waals surface area (Å²) < 4.78 is 14.2. The summed E-state index contributed by atoms with van der Waals surface area (Å²) in [5.74, 6) is -0.0144. The Morgan fingerprint density at radius 1 is 1.33 bits per heavy atom. The summed E-state index contributed by atoms with van der Waals surface area (Å²) >= 11 is 3.35. The fourth-order valence-electron chi connectivity index (χ4n) is 1.79. The van der Waals surface area contributed by atoms with Crippen LogP contribution in [-0.4, -0.2) is 5.11 Å². The van der Waals surface area contributed by atoms with Crippen LogP contribution in [0.5, 0.6) is 5.75 Å². The van der Waals surface area contributed by atoms with E-state index in [9.17, 15) is 9.50 Å². The largest absolute Gasteiger partial charge is 0.508 e. The Balaban J connectivity index is 2.91. The topological polar surface area (TPSA) is 20.2 Å². The molecule has 15 heavy (non-hydrogen) atoms. The van der Waals surface area contributed by atoms with Crippen molar-refractivity contribution in [2.75, 3.05) is 0 Å². The molecule has 1 nitrogen and oxygen atoms in total. The van der Waals surface area contributed by atoms with Crippen LogP contribution in [0.2, 0.25) is 0 Å². The van der Waals surface area contributed by atoms with Gasteiger partial charge in [0.05, 0.1) is 0 Å². The molecule has 3 heteroatoms. The van der Waals surface area contributed by atoms with Gasteiger partial charge in [-0.15, -0.1) is 0 Å². The number of halogens is 2. The van der Waals surface area contributed by atoms with Gasteiger partial charge in [-0.1, -0.05) is 28.9 Å². The molecule has 2 aromatic carbocycles. The Hall–Kier alpha value is -1.09. The van der Waals surface area contributed by atoms with E-state index in [-0.39, 0.29) is 11.6 Å². The lowest BCUT2D eigenvalue weighted by Crippen LogP contribution is -1.90. The van der Waals surface area contributed by atoms with Gasteiger partial charge in [0.1, 0.15) is 11.6 Å². The third-order valence-electron chi connectivity index (χ3n) is 2.46. The molecule has 0 amide bonds. The molecule has 0 aliphatic carbocycles. The highest BCUT2D eigenvalue weighted by Crippen LogP contribution is 2.32. The number of aromatic hydroxyl groups is 1. The maximum absolute atomic E-state index is 13.5. The summed E-state index contributed by atoms with van der Waals surface area (Å²) in [5, 5.41) is 11.1. The van der Waals surface area contributed by atoms with Crippen LogP contribution in [0.3, 0.4) is 0 Å². The van der Waals surface area contributed by atoms with Crippen LogP contribution in [0.4, 0.5) is 4.39 Å². The smallest absolute Gasteiger partial charge is 0.127 e. The van der Waals surface area contributed by atoms with E-state index in [4.69, 9.17) is 0 Å². The first-order valence-corrected chi connectivity index (χ1v) is 5.52. The normalized spacial score (nSPS) is 10.9. The first-order valence-electron chi connectivity index (χ1n) is 4.73. The van der Waals surface area contributed by atoms with Crippen molar-refractivity contribution in [2.24, 2.45) is 0 Å². The first kappa shape index (κ1) is 10.4. The molecule has 0 spiro atoms. The van der Waals surface area contributed by atoms with Crippen LogP contribution in [0.25, 0.3) is 10.8 Å². The van der Waals surface area contributed by atoms with Crippen LogP contribution in [0.15, 0.2) is 28.7 Å². The van der Waals surface area contributed by atoms with Crippen molar-refractivity contribution < 1.29 is 9.50 Å². The van der Waals surface area contributed by atoms with Gasteiger partial charge in [0, 0.05) is 9.86 Å². The Morgan fingerprint density at radius 2 is 2.07 bits per heavy atom. The minimum atomic E-state index is -0.198. The SMILES string of the molecule is CCc1c(F)ccc2cc(O)cc(Br)c12. The van der Waals surface area contributed by atoms with Gasteiger partial charge in [-0.05, 0) is 35.6 Å². The molecule has 0 aliphatic heterocycles. The van der Waals surface area contributed by atoms with Gasteiger partial charge < -0.3 is 5.11 Å². The average molecular weight is 269 g/mol. The van der Waals surface area contributed by atoms with Crippen molar-refractivity contribution in [3.05, 3.63) is 40.1 Å². The van der Waals surface area contributed by atoms with E-state index in [1.54, 1.807) is 18.2 Å². The summed E-state index contributed by atoms with van der Waals surface area (Å²) in [6, 6.07) is 6.33. The second-order valence-electron chi connectivity index (χ2n) is 3.41. The summed E-state index contributed by atoms with van der Waals surface area (Å²) in [6.07, 6.45) is 0.631. The second kappa shape index (κ2) is 3.81. The lowest BCUT2D eigenvalue weighted by molar-refractivity contribution is 0.476. The first-order chi connectivity index (χ1) is 7.13. The maximum Gasteiger partial charge on any atom is 0.127 e. The molecule has 0 heterocycles. The van der Waals surface area contributed by atoms with Gasteiger partial charge in [-0.3, -0.25) is 0 Å². The van der Waals surface area contributed by atoms with Crippen molar-refractivity contribution in [2.45, 2.75) is 13.3 Å². The lowest BCUT2D eigenvalue weighted by atomic mass is 10.0. The second-order valence-corrected chi connectivity index (χ2v) is 4.26. The van der Waals surface area contributed by atoms with Crippen molar-refractivity contribution in [3.8, 4) is 5.75 Å². The fraction of sp³-hybridized carbons (Fsp3) is 0.167. The highest BCUT2D eigenvalue weighted by Gasteiger charge is 2.09. The number of hydrogen-bond acceptors (Lipinski definition) is 1. The van der Waals surface area contributed by atoms with Gasteiger partial charge in [-0.25, -0.2) is 4.39 Å². The fourth-order valence-corrected chi connectivity index (χ4v) is 2.49. The lowest BCUT2D eigenvalue weighted by Gasteiger charge is -2.08. The molecular weight excluding hydrogens is 259 g/mol. The van der Waals surface area contributed by atoms with E-state index >= 15 is 0 Å². The molecule has 0 saturated carbocycles. The number of fused-ring (bicyclic) bond motifs is 1. The number of aryl methyl sites for hydroxylation is 1. The molecule has 2 aromatic rings. The van der Waals surface area contributed by atoms with Gasteiger partial charge in [0.2, 0.25) is 0 Å². The van der Waals surface area contributed by atoms with Crippen molar-refractivity contribution in [1.29, 1.82) is 0 Å². The molecule has 78 valence electrons. The van der Waals surface area contributed by atoms with Gasteiger partial charge in [0.15, 0.2) is 0 Å². The molecule has 1 N–H and O–H groups in total. The van der Waals surface area contributed by atoms with Crippen LogP contribution in [0, 0.1) is 5.82 Å². The quantitative estimate of drug-likeness (QED) is 0.829. The number of phenolic OH excluding ortho intramolecular Hbond substituents is 1. The summed E-state index contributed by atoms with van der Waals surface area (Å²) in [5.41, 5.74) is 0.680. The molecule has 0 aromatic heterocycles. The van der Waals surface area contributed by atoms with Crippen molar-refractivity contribution in [1.82, 2.24) is 0 Å². The Kier molecular flexibility index (Phi) is 2.65. The standard InChI is InChI=1S/C12H10BrFO/c1-2-9-11(14)4-3-7-5-8(15)6-10(13)12(7)9/h3-6,15H,2H2,1H3. The van der Waals surface area contributed by atoms with Gasteiger partial charge >= 0.3 is 0 Å². The van der Waals surface area contributed by atoms with Crippen LogP contribution >= 0.6 is 15.9 Å². The highest BCUT2D eigenvalue weighted by molar-refractivity contribution is 9.10. The average Bonchev–Trinajstić information content (AvgIpc) is 2.18. The monoisotopic (exact) mass is 268 g/mol. The number of hydrogen-bond donors (Lipinski definition) is 1. The molecule has 0 saturated heterocycles. The predicted molar refractivity (Wildman–Crippen MR) is 62.6 cm³/mol. The van der Waals surface area contributed by atoms with Crippen LogP contribution < -0.4 is 0 Å². The zero-order valence-corrected chi connectivity index (χ0v) is 9.81. The van der Waals surface area contributed by atoms with Crippen molar-refractivity contribution >= 4 is 26.7 Å². The van der Waals surface area contributed by atoms with E-state index in [0.29, 0.717) is 12.0 Å². The summed E-state index contributed by atoms with van der Waals surface area (Å²) in [7, 11) is 0. The van der Waals surface area contributed by atoms with Gasteiger partial charge in [0.25, 0.3) is 0 Å². The zero-order chi connectivity index (χ0) is 11.0. The zero-order valence-electron chi connectivity index (χ0n) is 8.22. The molecule has 0 fully saturated rings. The molecule has 0 aliphatic rings. The van der Waals surface area contributed by atoms with E-state index in [1.165, 1.54) is 6.07 Å². The minimum absolute atomic E-state index is 0.183. The minimum Gasteiger partial charge on any atom is -0.508 e. The number of phenols is 1. The Labute approximate surface area is 95.7 Å². The predicted octanol–water partition coefficient (Wildman–Crippen LogP) is 4.01. The van der Waals surface area contributed by atoms with E-state index in [1.807, 2.05) is 6.92 Å². The molecular formula is C12H10BrFO. The van der Waals surface area contributed by atoms with Crippen LogP contribution in [-0.2, 0) is 6.42 Å².